The number of nitrogens with zero attached hydrogens (tertiary/aromatic N) is 1. The maximum atomic E-state index is 13.3. The number of carbonyl (C=O) groups is 1. The van der Waals surface area contributed by atoms with Crippen LogP contribution in [0.4, 0.5) is 4.79 Å². The number of nitrogens with two attached hydrogens (primary N) is 1. The zero-order valence-corrected chi connectivity index (χ0v) is 21.8. The molecule has 1 aliphatic carbocycles. The summed E-state index contributed by atoms with van der Waals surface area (Å²) in [5.74, 6) is 6.56. The standard InChI is InChI=1S/C22H45N3O4Si/c1-20(2,3)28-19(26)25-17(14-27-22(25,7)8)18(16(13-24-23)15-11-12-15)29-30(9,10)21(4,5)6/h15-18,24H,11-14,23H2,1-10H3/t16-,17-,18-/m1/s1. The van der Waals surface area contributed by atoms with Crippen molar-refractivity contribution in [2.75, 3.05) is 13.2 Å². The predicted molar refractivity (Wildman–Crippen MR) is 122 cm³/mol. The molecule has 30 heavy (non-hydrogen) atoms. The van der Waals surface area contributed by atoms with E-state index in [1.807, 2.05) is 34.6 Å². The van der Waals surface area contributed by atoms with Gasteiger partial charge in [-0.05, 0) is 71.5 Å². The Morgan fingerprint density at radius 2 is 1.80 bits per heavy atom. The minimum atomic E-state index is -2.11. The second-order valence-electron chi connectivity index (χ2n) is 11.9. The number of amides is 1. The summed E-state index contributed by atoms with van der Waals surface area (Å²) in [4.78, 5) is 15.0. The molecule has 2 fully saturated rings. The maximum absolute atomic E-state index is 13.3. The summed E-state index contributed by atoms with van der Waals surface area (Å²) in [6.07, 6.45) is 1.83. The Morgan fingerprint density at radius 3 is 2.23 bits per heavy atom. The summed E-state index contributed by atoms with van der Waals surface area (Å²) in [5.41, 5.74) is 1.54. The molecule has 176 valence electrons. The first-order valence-corrected chi connectivity index (χ1v) is 14.2. The van der Waals surface area contributed by atoms with Crippen LogP contribution in [-0.2, 0) is 13.9 Å². The van der Waals surface area contributed by atoms with Gasteiger partial charge >= 0.3 is 6.09 Å². The van der Waals surface area contributed by atoms with Crippen molar-refractivity contribution in [3.63, 3.8) is 0 Å². The average Bonchev–Trinajstić information content (AvgIpc) is 3.31. The van der Waals surface area contributed by atoms with Crippen molar-refractivity contribution in [3.8, 4) is 0 Å². The van der Waals surface area contributed by atoms with Gasteiger partial charge in [-0.3, -0.25) is 16.2 Å². The number of hydrogen-bond donors (Lipinski definition) is 2. The summed E-state index contributed by atoms with van der Waals surface area (Å²) < 4.78 is 18.9. The Balaban J connectivity index is 2.43. The van der Waals surface area contributed by atoms with Crippen LogP contribution in [0.15, 0.2) is 0 Å². The minimum Gasteiger partial charge on any atom is -0.444 e. The number of hydrazine groups is 1. The van der Waals surface area contributed by atoms with Crippen LogP contribution in [-0.4, -0.2) is 55.9 Å². The molecule has 8 heteroatoms. The van der Waals surface area contributed by atoms with Crippen molar-refractivity contribution in [2.45, 2.75) is 110 Å². The van der Waals surface area contributed by atoms with Gasteiger partial charge in [0.15, 0.2) is 8.32 Å². The summed E-state index contributed by atoms with van der Waals surface area (Å²) in [7, 11) is -2.11. The van der Waals surface area contributed by atoms with Gasteiger partial charge in [-0.25, -0.2) is 4.79 Å². The largest absolute Gasteiger partial charge is 0.444 e. The van der Waals surface area contributed by atoms with Crippen LogP contribution in [0.25, 0.3) is 0 Å². The molecule has 2 aliphatic rings. The highest BCUT2D eigenvalue weighted by molar-refractivity contribution is 6.74. The third-order valence-electron chi connectivity index (χ3n) is 6.73. The Labute approximate surface area is 184 Å². The third kappa shape index (κ3) is 5.97. The zero-order valence-electron chi connectivity index (χ0n) is 20.8. The SMILES string of the molecule is CC(C)(C)OC(=O)N1[C@@H]([C@H](O[Si](C)(C)C(C)(C)C)[C@H](CNN)C2CC2)COC1(C)C. The van der Waals surface area contributed by atoms with Crippen molar-refractivity contribution in [1.82, 2.24) is 10.3 Å². The van der Waals surface area contributed by atoms with E-state index < -0.39 is 19.6 Å². The van der Waals surface area contributed by atoms with Crippen LogP contribution in [0.3, 0.4) is 0 Å². The number of rotatable bonds is 7. The van der Waals surface area contributed by atoms with E-state index in [2.05, 4.69) is 39.3 Å². The van der Waals surface area contributed by atoms with Crippen molar-refractivity contribution in [3.05, 3.63) is 0 Å². The monoisotopic (exact) mass is 443 g/mol. The minimum absolute atomic E-state index is 0.0568. The molecule has 7 nitrogen and oxygen atoms in total. The molecule has 0 unspecified atom stereocenters. The number of hydrogen-bond acceptors (Lipinski definition) is 6. The summed E-state index contributed by atoms with van der Waals surface area (Å²) >= 11 is 0. The Bertz CT molecular complexity index is 608. The van der Waals surface area contributed by atoms with Crippen LogP contribution in [0.5, 0.6) is 0 Å². The highest BCUT2D eigenvalue weighted by Gasteiger charge is 2.54. The van der Waals surface area contributed by atoms with Gasteiger partial charge in [0.1, 0.15) is 11.3 Å². The van der Waals surface area contributed by atoms with Crippen LogP contribution in [0, 0.1) is 11.8 Å². The van der Waals surface area contributed by atoms with Gasteiger partial charge in [-0.2, -0.15) is 0 Å². The van der Waals surface area contributed by atoms with E-state index in [1.54, 1.807) is 4.90 Å². The maximum Gasteiger partial charge on any atom is 0.412 e. The van der Waals surface area contributed by atoms with Gasteiger partial charge in [0.05, 0.1) is 18.8 Å². The predicted octanol–water partition coefficient (Wildman–Crippen LogP) is 4.24. The molecule has 1 saturated heterocycles. The quantitative estimate of drug-likeness (QED) is 0.348. The van der Waals surface area contributed by atoms with Gasteiger partial charge in [-0.1, -0.05) is 20.8 Å². The van der Waals surface area contributed by atoms with E-state index in [1.165, 1.54) is 12.8 Å². The molecule has 0 spiro atoms. The molecule has 0 aromatic heterocycles. The van der Waals surface area contributed by atoms with Crippen molar-refractivity contribution >= 4 is 14.4 Å². The Morgan fingerprint density at radius 1 is 1.23 bits per heavy atom. The van der Waals surface area contributed by atoms with E-state index in [-0.39, 0.29) is 29.2 Å². The smallest absolute Gasteiger partial charge is 0.412 e. The molecule has 1 aliphatic heterocycles. The first-order chi connectivity index (χ1) is 13.5. The molecule has 0 aromatic carbocycles. The molecular formula is C22H45N3O4Si. The molecule has 3 N–H and O–H groups in total. The van der Waals surface area contributed by atoms with E-state index in [4.69, 9.17) is 19.7 Å². The van der Waals surface area contributed by atoms with Gasteiger partial charge in [0.25, 0.3) is 0 Å². The lowest BCUT2D eigenvalue weighted by Gasteiger charge is -2.46. The van der Waals surface area contributed by atoms with Crippen molar-refractivity contribution < 1.29 is 18.7 Å². The van der Waals surface area contributed by atoms with E-state index in [0.29, 0.717) is 19.1 Å². The lowest BCUT2D eigenvalue weighted by molar-refractivity contribution is -0.0702. The van der Waals surface area contributed by atoms with Crippen LogP contribution in [0.2, 0.25) is 18.1 Å². The Hall–Kier alpha value is -0.673. The summed E-state index contributed by atoms with van der Waals surface area (Å²) in [6.45, 7) is 21.8. The fourth-order valence-electron chi connectivity index (χ4n) is 3.92. The highest BCUT2D eigenvalue weighted by atomic mass is 28.4. The molecule has 1 amide bonds. The second kappa shape index (κ2) is 8.69. The molecule has 1 heterocycles. The third-order valence-corrected chi connectivity index (χ3v) is 11.2. The molecule has 0 bridgehead atoms. The van der Waals surface area contributed by atoms with E-state index >= 15 is 0 Å². The topological polar surface area (TPSA) is 86.0 Å². The summed E-state index contributed by atoms with van der Waals surface area (Å²) in [6, 6.07) is -0.220. The fraction of sp³-hybridized carbons (Fsp3) is 0.955. The van der Waals surface area contributed by atoms with Crippen LogP contribution in [0.1, 0.15) is 68.2 Å². The van der Waals surface area contributed by atoms with E-state index in [9.17, 15) is 4.79 Å². The van der Waals surface area contributed by atoms with Crippen molar-refractivity contribution in [1.29, 1.82) is 0 Å². The lowest BCUT2D eigenvalue weighted by Crippen LogP contribution is -2.59. The molecule has 2 rings (SSSR count). The van der Waals surface area contributed by atoms with Gasteiger partial charge in [0, 0.05) is 12.5 Å². The van der Waals surface area contributed by atoms with E-state index in [0.717, 1.165) is 0 Å². The van der Waals surface area contributed by atoms with Crippen LogP contribution >= 0.6 is 0 Å². The van der Waals surface area contributed by atoms with Crippen molar-refractivity contribution in [2.24, 2.45) is 17.7 Å². The van der Waals surface area contributed by atoms with Gasteiger partial charge in [-0.15, -0.1) is 0 Å². The lowest BCUT2D eigenvalue weighted by atomic mass is 9.91. The molecule has 0 radical (unpaired) electrons. The Kier molecular flexibility index (Phi) is 7.41. The van der Waals surface area contributed by atoms with Gasteiger partial charge in [0.2, 0.25) is 0 Å². The second-order valence-corrected chi connectivity index (χ2v) is 16.7. The number of nitrogens with one attached hydrogen (secondary N) is 1. The highest BCUT2D eigenvalue weighted by Crippen LogP contribution is 2.46. The molecule has 3 atom stereocenters. The molecule has 0 aromatic rings. The van der Waals surface area contributed by atoms with Gasteiger partial charge < -0.3 is 13.9 Å². The average molecular weight is 444 g/mol. The number of carbonyl (C=O) groups excluding carboxylic acids is 1. The summed E-state index contributed by atoms with van der Waals surface area (Å²) in [5, 5.41) is 0.0568. The first kappa shape index (κ1) is 25.6. The molecule has 1 saturated carbocycles. The molecular weight excluding hydrogens is 398 g/mol. The fourth-order valence-corrected chi connectivity index (χ4v) is 5.29. The van der Waals surface area contributed by atoms with Crippen LogP contribution < -0.4 is 11.3 Å². The normalized spacial score (nSPS) is 24.6. The zero-order chi connectivity index (χ0) is 23.1. The number of ether oxygens (including phenoxy) is 2. The first-order valence-electron chi connectivity index (χ1n) is 11.3.